The Hall–Kier alpha value is -2.11. The first kappa shape index (κ1) is 18.3. The zero-order chi connectivity index (χ0) is 20.9. The molecule has 3 N–H and O–H groups in total. The SMILES string of the molecule is [2H]C1(O)C(F)=C(c2nc(NC3CC3)nc(NC(C)C(F)(F)F)n2)CCC1(F)F. The average molecular weight is 398 g/mol. The highest BCUT2D eigenvalue weighted by Crippen LogP contribution is 2.41. The number of allylic oxidation sites excluding steroid dienone is 1. The number of hydrogen-bond donors (Lipinski definition) is 3. The van der Waals surface area contributed by atoms with Crippen molar-refractivity contribution in [1.29, 1.82) is 0 Å². The minimum Gasteiger partial charge on any atom is -0.380 e. The van der Waals surface area contributed by atoms with Crippen molar-refractivity contribution in [1.82, 2.24) is 15.0 Å². The number of aliphatic hydroxyl groups is 1. The summed E-state index contributed by atoms with van der Waals surface area (Å²) in [5, 5.41) is 14.4. The lowest BCUT2D eigenvalue weighted by atomic mass is 9.92. The Bertz CT molecular complexity index is 796. The Morgan fingerprint density at radius 1 is 1.22 bits per heavy atom. The monoisotopic (exact) mass is 398 g/mol. The van der Waals surface area contributed by atoms with Crippen LogP contribution in [0.25, 0.3) is 5.57 Å². The quantitative estimate of drug-likeness (QED) is 0.661. The minimum atomic E-state index is -4.62. The Kier molecular flexibility index (Phi) is 4.60. The van der Waals surface area contributed by atoms with E-state index < -0.39 is 60.2 Å². The fourth-order valence-electron chi connectivity index (χ4n) is 2.35. The van der Waals surface area contributed by atoms with Gasteiger partial charge >= 0.3 is 6.18 Å². The molecule has 1 heterocycles. The van der Waals surface area contributed by atoms with Crippen molar-refractivity contribution in [2.45, 2.75) is 62.9 Å². The Morgan fingerprint density at radius 3 is 2.44 bits per heavy atom. The lowest BCUT2D eigenvalue weighted by molar-refractivity contribution is -0.138. The summed E-state index contributed by atoms with van der Waals surface area (Å²) < 4.78 is 87.4. The third-order valence-corrected chi connectivity index (χ3v) is 4.16. The van der Waals surface area contributed by atoms with E-state index in [4.69, 9.17) is 1.37 Å². The van der Waals surface area contributed by atoms with Crippen LogP contribution in [0.15, 0.2) is 5.83 Å². The normalized spacial score (nSPS) is 27.2. The molecule has 6 nitrogen and oxygen atoms in total. The van der Waals surface area contributed by atoms with Crippen LogP contribution in [0.4, 0.5) is 38.2 Å². The van der Waals surface area contributed by atoms with Crippen LogP contribution in [0.5, 0.6) is 0 Å². The highest BCUT2D eigenvalue weighted by atomic mass is 19.4. The lowest BCUT2D eigenvalue weighted by Gasteiger charge is -2.27. The van der Waals surface area contributed by atoms with Gasteiger partial charge in [0.2, 0.25) is 11.9 Å². The van der Waals surface area contributed by atoms with Gasteiger partial charge in [-0.25, -0.2) is 13.2 Å². The molecule has 2 aliphatic carbocycles. The van der Waals surface area contributed by atoms with Gasteiger partial charge in [-0.1, -0.05) is 0 Å². The summed E-state index contributed by atoms with van der Waals surface area (Å²) in [5.41, 5.74) is -0.576. The van der Waals surface area contributed by atoms with Crippen LogP contribution < -0.4 is 10.6 Å². The standard InChI is InChI=1S/C15H17F6N5O/c1-6(15(19,20)21)22-12-24-11(25-13(26-12)23-7-2-3-7)8-4-5-14(17,18)10(27)9(8)16/h6-7,10,27H,2-5H2,1H3,(H2,22,23,24,25,26)/i10D. The zero-order valence-electron chi connectivity index (χ0n) is 15.0. The van der Waals surface area contributed by atoms with Gasteiger partial charge in [-0.2, -0.15) is 28.1 Å². The topological polar surface area (TPSA) is 83.0 Å². The zero-order valence-corrected chi connectivity index (χ0v) is 14.0. The van der Waals surface area contributed by atoms with E-state index in [-0.39, 0.29) is 12.0 Å². The van der Waals surface area contributed by atoms with Gasteiger partial charge in [0.25, 0.3) is 5.92 Å². The van der Waals surface area contributed by atoms with Crippen LogP contribution in [0.1, 0.15) is 39.8 Å². The number of alkyl halides is 5. The molecule has 0 aromatic carbocycles. The van der Waals surface area contributed by atoms with Crippen LogP contribution >= 0.6 is 0 Å². The molecule has 3 rings (SSSR count). The van der Waals surface area contributed by atoms with E-state index >= 15 is 0 Å². The maximum atomic E-state index is 14.4. The molecular weight excluding hydrogens is 380 g/mol. The average Bonchev–Trinajstić information content (AvgIpc) is 3.36. The highest BCUT2D eigenvalue weighted by Gasteiger charge is 2.46. The molecule has 0 amide bonds. The Balaban J connectivity index is 2.01. The minimum absolute atomic E-state index is 0.00855. The molecule has 1 aromatic rings. The molecule has 150 valence electrons. The molecule has 0 radical (unpaired) electrons. The van der Waals surface area contributed by atoms with Crippen molar-refractivity contribution in [3.05, 3.63) is 11.7 Å². The summed E-state index contributed by atoms with van der Waals surface area (Å²) in [6, 6.07) is -2.05. The van der Waals surface area contributed by atoms with E-state index in [0.29, 0.717) is 0 Å². The summed E-state index contributed by atoms with van der Waals surface area (Å²) >= 11 is 0. The summed E-state index contributed by atoms with van der Waals surface area (Å²) in [6.07, 6.45) is -8.54. The summed E-state index contributed by atoms with van der Waals surface area (Å²) in [6.45, 7) is 0.820. The smallest absolute Gasteiger partial charge is 0.380 e. The molecule has 1 fully saturated rings. The largest absolute Gasteiger partial charge is 0.408 e. The Morgan fingerprint density at radius 2 is 1.85 bits per heavy atom. The van der Waals surface area contributed by atoms with E-state index in [0.717, 1.165) is 19.8 Å². The molecule has 2 atom stereocenters. The van der Waals surface area contributed by atoms with E-state index in [1.165, 1.54) is 0 Å². The van der Waals surface area contributed by atoms with Crippen LogP contribution in [0, 0.1) is 0 Å². The van der Waals surface area contributed by atoms with Gasteiger partial charge in [-0.3, -0.25) is 0 Å². The molecule has 0 saturated heterocycles. The van der Waals surface area contributed by atoms with Gasteiger partial charge in [-0.15, -0.1) is 0 Å². The summed E-state index contributed by atoms with van der Waals surface area (Å²) in [7, 11) is 0. The number of rotatable bonds is 5. The van der Waals surface area contributed by atoms with Gasteiger partial charge in [0.1, 0.15) is 11.9 Å². The molecule has 1 saturated carbocycles. The van der Waals surface area contributed by atoms with E-state index in [1.807, 2.05) is 5.32 Å². The number of halogens is 6. The predicted molar refractivity (Wildman–Crippen MR) is 83.8 cm³/mol. The molecule has 2 aliphatic rings. The number of nitrogens with one attached hydrogen (secondary N) is 2. The number of aromatic nitrogens is 3. The fraction of sp³-hybridized carbons (Fsp3) is 0.667. The number of anilines is 2. The third-order valence-electron chi connectivity index (χ3n) is 4.16. The number of nitrogens with zero attached hydrogens (tertiary/aromatic N) is 3. The van der Waals surface area contributed by atoms with Crippen molar-refractivity contribution in [2.75, 3.05) is 10.6 Å². The van der Waals surface area contributed by atoms with Crippen molar-refractivity contribution in [3.63, 3.8) is 0 Å². The second-order valence-electron chi connectivity index (χ2n) is 6.48. The van der Waals surface area contributed by atoms with E-state index in [9.17, 15) is 31.4 Å². The van der Waals surface area contributed by atoms with Crippen LogP contribution in [-0.2, 0) is 0 Å². The van der Waals surface area contributed by atoms with Gasteiger partial charge in [0.05, 0.1) is 1.37 Å². The molecule has 0 bridgehead atoms. The first-order valence-electron chi connectivity index (χ1n) is 8.67. The second-order valence-corrected chi connectivity index (χ2v) is 6.48. The molecule has 0 aliphatic heterocycles. The van der Waals surface area contributed by atoms with Crippen LogP contribution in [0.2, 0.25) is 0 Å². The molecular formula is C15H17F6N5O. The Labute approximate surface area is 151 Å². The summed E-state index contributed by atoms with van der Waals surface area (Å²) in [5.74, 6) is -7.09. The van der Waals surface area contributed by atoms with Crippen molar-refractivity contribution >= 4 is 17.5 Å². The number of hydrogen-bond acceptors (Lipinski definition) is 6. The molecule has 0 spiro atoms. The second kappa shape index (κ2) is 6.80. The first-order valence-corrected chi connectivity index (χ1v) is 8.17. The third kappa shape index (κ3) is 4.42. The van der Waals surface area contributed by atoms with Crippen LogP contribution in [-0.4, -0.2) is 50.3 Å². The predicted octanol–water partition coefficient (Wildman–Crippen LogP) is 3.28. The molecule has 1 aromatic heterocycles. The fourth-order valence-corrected chi connectivity index (χ4v) is 2.35. The van der Waals surface area contributed by atoms with Gasteiger partial charge in [-0.05, 0) is 26.2 Å². The van der Waals surface area contributed by atoms with Gasteiger partial charge < -0.3 is 15.7 Å². The van der Waals surface area contributed by atoms with E-state index in [2.05, 4.69) is 20.3 Å². The first-order chi connectivity index (χ1) is 12.8. The maximum absolute atomic E-state index is 14.4. The van der Waals surface area contributed by atoms with Crippen molar-refractivity contribution in [2.24, 2.45) is 0 Å². The van der Waals surface area contributed by atoms with Crippen molar-refractivity contribution in [3.8, 4) is 0 Å². The van der Waals surface area contributed by atoms with Crippen LogP contribution in [0.3, 0.4) is 0 Å². The molecule has 12 heteroatoms. The van der Waals surface area contributed by atoms with Crippen molar-refractivity contribution < 1.29 is 32.8 Å². The summed E-state index contributed by atoms with van der Waals surface area (Å²) in [4.78, 5) is 11.4. The lowest BCUT2D eigenvalue weighted by Crippen LogP contribution is -2.37. The van der Waals surface area contributed by atoms with Gasteiger partial charge in [0, 0.05) is 18.0 Å². The highest BCUT2D eigenvalue weighted by molar-refractivity contribution is 5.66. The molecule has 27 heavy (non-hydrogen) atoms. The maximum Gasteiger partial charge on any atom is 0.408 e. The van der Waals surface area contributed by atoms with Gasteiger partial charge in [0.15, 0.2) is 11.9 Å². The van der Waals surface area contributed by atoms with E-state index in [1.54, 1.807) is 0 Å². The molecule has 2 unspecified atom stereocenters.